The van der Waals surface area contributed by atoms with Crippen LogP contribution in [0.4, 0.5) is 0 Å². The molecule has 7 heteroatoms. The summed E-state index contributed by atoms with van der Waals surface area (Å²) in [7, 11) is 0. The SMILES string of the molecule is CCn1nc(C(C)C(=O)NC2CCN(Cc3ccccn3)CC2)c2ccccc2c1=O. The average Bonchev–Trinajstić information content (AvgIpc) is 2.81. The van der Waals surface area contributed by atoms with Crippen molar-refractivity contribution in [3.05, 3.63) is 70.4 Å². The molecule has 3 aromatic rings. The van der Waals surface area contributed by atoms with Crippen LogP contribution in [0.25, 0.3) is 10.8 Å². The minimum Gasteiger partial charge on any atom is -0.353 e. The van der Waals surface area contributed by atoms with Crippen molar-refractivity contribution in [2.45, 2.75) is 51.7 Å². The van der Waals surface area contributed by atoms with Gasteiger partial charge in [0.15, 0.2) is 0 Å². The molecule has 1 fully saturated rings. The molecule has 0 radical (unpaired) electrons. The number of rotatable bonds is 6. The zero-order valence-corrected chi connectivity index (χ0v) is 18.1. The van der Waals surface area contributed by atoms with Crippen LogP contribution >= 0.6 is 0 Å². The van der Waals surface area contributed by atoms with Crippen molar-refractivity contribution in [2.75, 3.05) is 13.1 Å². The molecular formula is C24H29N5O2. The Balaban J connectivity index is 1.42. The summed E-state index contributed by atoms with van der Waals surface area (Å²) in [6.45, 7) is 6.92. The van der Waals surface area contributed by atoms with Gasteiger partial charge < -0.3 is 5.32 Å². The number of amides is 1. The number of pyridine rings is 1. The number of carbonyl (C=O) groups is 1. The lowest BCUT2D eigenvalue weighted by Crippen LogP contribution is -2.45. The molecule has 1 amide bonds. The predicted octanol–water partition coefficient (Wildman–Crippen LogP) is 2.70. The minimum absolute atomic E-state index is 0.0397. The molecule has 0 spiro atoms. The molecule has 2 aromatic heterocycles. The van der Waals surface area contributed by atoms with Crippen molar-refractivity contribution in [2.24, 2.45) is 0 Å². The largest absolute Gasteiger partial charge is 0.353 e. The first-order valence-electron chi connectivity index (χ1n) is 11.0. The predicted molar refractivity (Wildman–Crippen MR) is 121 cm³/mol. The number of aryl methyl sites for hydroxylation is 1. The quantitative estimate of drug-likeness (QED) is 0.665. The Labute approximate surface area is 182 Å². The van der Waals surface area contributed by atoms with Crippen LogP contribution < -0.4 is 10.9 Å². The van der Waals surface area contributed by atoms with Gasteiger partial charge in [-0.05, 0) is 44.9 Å². The van der Waals surface area contributed by atoms with E-state index < -0.39 is 5.92 Å². The normalized spacial score (nSPS) is 16.3. The highest BCUT2D eigenvalue weighted by Crippen LogP contribution is 2.22. The lowest BCUT2D eigenvalue weighted by molar-refractivity contribution is -0.123. The van der Waals surface area contributed by atoms with E-state index in [1.807, 2.05) is 56.4 Å². The van der Waals surface area contributed by atoms with E-state index in [2.05, 4.69) is 20.3 Å². The van der Waals surface area contributed by atoms with Crippen LogP contribution in [0.15, 0.2) is 53.5 Å². The van der Waals surface area contributed by atoms with Crippen LogP contribution in [-0.4, -0.2) is 44.7 Å². The number of benzene rings is 1. The molecule has 1 aromatic carbocycles. The van der Waals surface area contributed by atoms with Crippen LogP contribution in [-0.2, 0) is 17.9 Å². The highest BCUT2D eigenvalue weighted by molar-refractivity contribution is 5.91. The Bertz CT molecular complexity index is 1100. The van der Waals surface area contributed by atoms with E-state index >= 15 is 0 Å². The molecular weight excluding hydrogens is 390 g/mol. The van der Waals surface area contributed by atoms with Crippen molar-refractivity contribution in [3.8, 4) is 0 Å². The summed E-state index contributed by atoms with van der Waals surface area (Å²) >= 11 is 0. The first-order chi connectivity index (χ1) is 15.1. The second-order valence-corrected chi connectivity index (χ2v) is 8.15. The summed E-state index contributed by atoms with van der Waals surface area (Å²) in [4.78, 5) is 32.4. The summed E-state index contributed by atoms with van der Waals surface area (Å²) in [5, 5.41) is 9.09. The third kappa shape index (κ3) is 4.66. The van der Waals surface area contributed by atoms with Crippen molar-refractivity contribution in [1.29, 1.82) is 0 Å². The van der Waals surface area contributed by atoms with Crippen LogP contribution in [0.2, 0.25) is 0 Å². The lowest BCUT2D eigenvalue weighted by Gasteiger charge is -2.32. The number of nitrogens with one attached hydrogen (secondary N) is 1. The Morgan fingerprint density at radius 3 is 2.52 bits per heavy atom. The highest BCUT2D eigenvalue weighted by atomic mass is 16.2. The minimum atomic E-state index is -0.435. The van der Waals surface area contributed by atoms with Crippen molar-refractivity contribution in [1.82, 2.24) is 25.0 Å². The molecule has 1 aliphatic rings. The van der Waals surface area contributed by atoms with Crippen molar-refractivity contribution in [3.63, 3.8) is 0 Å². The molecule has 0 aliphatic carbocycles. The van der Waals surface area contributed by atoms with Gasteiger partial charge in [0.05, 0.1) is 22.7 Å². The van der Waals surface area contributed by atoms with Crippen molar-refractivity contribution < 1.29 is 4.79 Å². The van der Waals surface area contributed by atoms with Crippen LogP contribution in [0, 0.1) is 0 Å². The van der Waals surface area contributed by atoms with E-state index in [0.717, 1.165) is 43.6 Å². The second kappa shape index (κ2) is 9.39. The fourth-order valence-corrected chi connectivity index (χ4v) is 4.20. The average molecular weight is 420 g/mol. The molecule has 1 unspecified atom stereocenters. The maximum absolute atomic E-state index is 13.1. The summed E-state index contributed by atoms with van der Waals surface area (Å²) < 4.78 is 1.44. The van der Waals surface area contributed by atoms with E-state index in [1.165, 1.54) is 4.68 Å². The molecule has 162 valence electrons. The fourth-order valence-electron chi connectivity index (χ4n) is 4.20. The fraction of sp³-hybridized carbons (Fsp3) is 0.417. The first kappa shape index (κ1) is 21.2. The van der Waals surface area contributed by atoms with Crippen LogP contribution in [0.3, 0.4) is 0 Å². The number of carbonyl (C=O) groups excluding carboxylic acids is 1. The number of aromatic nitrogens is 3. The van der Waals surface area contributed by atoms with E-state index in [4.69, 9.17) is 0 Å². The molecule has 4 rings (SSSR count). The number of likely N-dealkylation sites (tertiary alicyclic amines) is 1. The maximum Gasteiger partial charge on any atom is 0.274 e. The third-order valence-corrected chi connectivity index (χ3v) is 6.04. The van der Waals surface area contributed by atoms with Gasteiger partial charge in [0.2, 0.25) is 5.91 Å². The van der Waals surface area contributed by atoms with Gasteiger partial charge in [-0.3, -0.25) is 19.5 Å². The maximum atomic E-state index is 13.1. The number of piperidine rings is 1. The molecule has 0 saturated carbocycles. The zero-order chi connectivity index (χ0) is 21.8. The molecule has 7 nitrogen and oxygen atoms in total. The molecule has 1 atom stereocenters. The number of nitrogens with zero attached hydrogens (tertiary/aromatic N) is 4. The Morgan fingerprint density at radius 1 is 1.13 bits per heavy atom. The Kier molecular flexibility index (Phi) is 6.42. The molecule has 3 heterocycles. The summed E-state index contributed by atoms with van der Waals surface area (Å²) in [6.07, 6.45) is 3.64. The van der Waals surface area contributed by atoms with Gasteiger partial charge in [-0.25, -0.2) is 4.68 Å². The number of hydrogen-bond acceptors (Lipinski definition) is 5. The van der Waals surface area contributed by atoms with Crippen molar-refractivity contribution >= 4 is 16.7 Å². The number of hydrogen-bond donors (Lipinski definition) is 1. The summed E-state index contributed by atoms with van der Waals surface area (Å²) in [5.41, 5.74) is 1.61. The van der Waals surface area contributed by atoms with Gasteiger partial charge >= 0.3 is 0 Å². The monoisotopic (exact) mass is 419 g/mol. The molecule has 1 saturated heterocycles. The summed E-state index contributed by atoms with van der Waals surface area (Å²) in [6, 6.07) is 13.5. The number of fused-ring (bicyclic) bond motifs is 1. The molecule has 1 aliphatic heterocycles. The lowest BCUT2D eigenvalue weighted by atomic mass is 9.98. The van der Waals surface area contributed by atoms with Gasteiger partial charge in [-0.15, -0.1) is 0 Å². The van der Waals surface area contributed by atoms with Gasteiger partial charge in [0, 0.05) is 43.8 Å². The highest BCUT2D eigenvalue weighted by Gasteiger charge is 2.26. The van der Waals surface area contributed by atoms with Gasteiger partial charge in [-0.2, -0.15) is 5.10 Å². The summed E-state index contributed by atoms with van der Waals surface area (Å²) in [5.74, 6) is -0.475. The molecule has 31 heavy (non-hydrogen) atoms. The Hall–Kier alpha value is -3.06. The standard InChI is InChI=1S/C24H29N5O2/c1-3-29-24(31)21-10-5-4-9-20(21)22(27-29)17(2)23(30)26-18-11-14-28(15-12-18)16-19-8-6-7-13-25-19/h4-10,13,17-18H,3,11-12,14-16H2,1-2H3,(H,26,30). The third-order valence-electron chi connectivity index (χ3n) is 6.04. The zero-order valence-electron chi connectivity index (χ0n) is 18.1. The van der Waals surface area contributed by atoms with E-state index in [9.17, 15) is 9.59 Å². The second-order valence-electron chi connectivity index (χ2n) is 8.15. The molecule has 0 bridgehead atoms. The van der Waals surface area contributed by atoms with Gasteiger partial charge in [-0.1, -0.05) is 24.3 Å². The van der Waals surface area contributed by atoms with E-state index in [1.54, 1.807) is 6.07 Å². The van der Waals surface area contributed by atoms with Crippen LogP contribution in [0.1, 0.15) is 44.0 Å². The van der Waals surface area contributed by atoms with Gasteiger partial charge in [0.1, 0.15) is 0 Å². The smallest absolute Gasteiger partial charge is 0.274 e. The Morgan fingerprint density at radius 2 is 1.84 bits per heavy atom. The molecule has 1 N–H and O–H groups in total. The first-order valence-corrected chi connectivity index (χ1v) is 11.0. The van der Waals surface area contributed by atoms with E-state index in [-0.39, 0.29) is 17.5 Å². The topological polar surface area (TPSA) is 80.1 Å². The van der Waals surface area contributed by atoms with E-state index in [0.29, 0.717) is 17.6 Å². The van der Waals surface area contributed by atoms with Crippen LogP contribution in [0.5, 0.6) is 0 Å². The van der Waals surface area contributed by atoms with Gasteiger partial charge in [0.25, 0.3) is 5.56 Å².